The second-order valence-corrected chi connectivity index (χ2v) is 7.80. The van der Waals surface area contributed by atoms with Crippen molar-refractivity contribution in [3.63, 3.8) is 0 Å². The van der Waals surface area contributed by atoms with Gasteiger partial charge in [0.25, 0.3) is 0 Å². The van der Waals surface area contributed by atoms with Crippen LogP contribution >= 0.6 is 0 Å². The average molecular weight is 407 g/mol. The summed E-state index contributed by atoms with van der Waals surface area (Å²) < 4.78 is 10.5. The number of hydrogen-bond acceptors (Lipinski definition) is 6. The highest BCUT2D eigenvalue weighted by Crippen LogP contribution is 2.19. The summed E-state index contributed by atoms with van der Waals surface area (Å²) in [7, 11) is 1.55. The minimum Gasteiger partial charge on any atom is -0.497 e. The fourth-order valence-electron chi connectivity index (χ4n) is 2.92. The molecule has 0 bridgehead atoms. The Balaban J connectivity index is 1.96. The van der Waals surface area contributed by atoms with E-state index < -0.39 is 17.7 Å². The zero-order valence-electron chi connectivity index (χ0n) is 17.4. The number of anilines is 1. The van der Waals surface area contributed by atoms with Gasteiger partial charge in [-0.2, -0.15) is 0 Å². The number of amides is 2. The van der Waals surface area contributed by atoms with Crippen LogP contribution in [0.25, 0.3) is 0 Å². The van der Waals surface area contributed by atoms with Gasteiger partial charge in [-0.05, 0) is 45.0 Å². The van der Waals surface area contributed by atoms with Crippen molar-refractivity contribution in [1.29, 1.82) is 0 Å². The summed E-state index contributed by atoms with van der Waals surface area (Å²) in [5.74, 6) is -0.567. The van der Waals surface area contributed by atoms with E-state index in [0.29, 0.717) is 37.6 Å². The number of hydrogen-bond donors (Lipinski definition) is 1. The van der Waals surface area contributed by atoms with Crippen molar-refractivity contribution in [3.05, 3.63) is 24.3 Å². The van der Waals surface area contributed by atoms with Crippen LogP contribution in [0.15, 0.2) is 24.3 Å². The molecule has 0 aliphatic carbocycles. The SMILES string of the molecule is COc1ccc(N(CC(=O)O)CC(=O)N2CCN(C(=O)OC(C)(C)C)CC2)cc1. The first-order valence-corrected chi connectivity index (χ1v) is 9.45. The maximum atomic E-state index is 12.7. The predicted molar refractivity (Wildman–Crippen MR) is 107 cm³/mol. The lowest BCUT2D eigenvalue weighted by Gasteiger charge is -2.36. The molecule has 1 aliphatic heterocycles. The zero-order valence-corrected chi connectivity index (χ0v) is 17.4. The van der Waals surface area contributed by atoms with E-state index in [1.165, 1.54) is 4.90 Å². The smallest absolute Gasteiger partial charge is 0.410 e. The van der Waals surface area contributed by atoms with E-state index >= 15 is 0 Å². The van der Waals surface area contributed by atoms with Gasteiger partial charge in [0.2, 0.25) is 5.91 Å². The van der Waals surface area contributed by atoms with Crippen LogP contribution in [-0.4, -0.2) is 84.9 Å². The summed E-state index contributed by atoms with van der Waals surface area (Å²) >= 11 is 0. The van der Waals surface area contributed by atoms with E-state index in [1.807, 2.05) is 0 Å². The number of carbonyl (C=O) groups excluding carboxylic acids is 2. The second kappa shape index (κ2) is 9.49. The summed E-state index contributed by atoms with van der Waals surface area (Å²) in [5.41, 5.74) is 0.0497. The molecule has 1 aromatic rings. The number of carbonyl (C=O) groups is 3. The van der Waals surface area contributed by atoms with E-state index in [4.69, 9.17) is 9.47 Å². The molecular formula is C20H29N3O6. The van der Waals surface area contributed by atoms with Crippen molar-refractivity contribution in [1.82, 2.24) is 9.80 Å². The van der Waals surface area contributed by atoms with Gasteiger partial charge in [0.05, 0.1) is 13.7 Å². The standard InChI is InChI=1S/C20H29N3O6/c1-20(2,3)29-19(27)22-11-9-21(10-12-22)17(24)13-23(14-18(25)26)15-5-7-16(28-4)8-6-15/h5-8H,9-14H2,1-4H3,(H,25,26). The lowest BCUT2D eigenvalue weighted by atomic mass is 10.2. The first-order valence-electron chi connectivity index (χ1n) is 9.45. The third kappa shape index (κ3) is 6.85. The topological polar surface area (TPSA) is 99.6 Å². The molecule has 0 radical (unpaired) electrons. The van der Waals surface area contributed by atoms with Gasteiger partial charge in [-0.25, -0.2) is 4.79 Å². The minimum absolute atomic E-state index is 0.0644. The number of nitrogens with zero attached hydrogens (tertiary/aromatic N) is 3. The summed E-state index contributed by atoms with van der Waals surface area (Å²) in [6.45, 7) is 6.57. The summed E-state index contributed by atoms with van der Waals surface area (Å²) in [4.78, 5) is 40.8. The molecule has 1 N–H and O–H groups in total. The van der Waals surface area contributed by atoms with Gasteiger partial charge in [0.1, 0.15) is 17.9 Å². The van der Waals surface area contributed by atoms with E-state index in [1.54, 1.807) is 61.9 Å². The van der Waals surface area contributed by atoms with Crippen molar-refractivity contribution in [2.24, 2.45) is 0 Å². The molecular weight excluding hydrogens is 378 g/mol. The van der Waals surface area contributed by atoms with Gasteiger partial charge in [-0.3, -0.25) is 9.59 Å². The van der Waals surface area contributed by atoms with Gasteiger partial charge in [0.15, 0.2) is 0 Å². The maximum absolute atomic E-state index is 12.7. The van der Waals surface area contributed by atoms with E-state index in [-0.39, 0.29) is 19.0 Å². The number of aliphatic carboxylic acids is 1. The molecule has 1 aromatic carbocycles. The molecule has 0 saturated carbocycles. The van der Waals surface area contributed by atoms with E-state index in [9.17, 15) is 19.5 Å². The number of ether oxygens (including phenoxy) is 2. The van der Waals surface area contributed by atoms with E-state index in [0.717, 1.165) is 0 Å². The molecule has 0 aromatic heterocycles. The molecule has 1 fully saturated rings. The Bertz CT molecular complexity index is 721. The summed E-state index contributed by atoms with van der Waals surface area (Å²) in [6.07, 6.45) is -0.393. The van der Waals surface area contributed by atoms with Crippen LogP contribution in [0.2, 0.25) is 0 Å². The Morgan fingerprint density at radius 3 is 2.03 bits per heavy atom. The van der Waals surface area contributed by atoms with Gasteiger partial charge in [0, 0.05) is 31.9 Å². The molecule has 9 nitrogen and oxygen atoms in total. The van der Waals surface area contributed by atoms with Crippen LogP contribution < -0.4 is 9.64 Å². The molecule has 0 unspecified atom stereocenters. The number of methoxy groups -OCH3 is 1. The third-order valence-corrected chi connectivity index (χ3v) is 4.37. The zero-order chi connectivity index (χ0) is 21.6. The van der Waals surface area contributed by atoms with Gasteiger partial charge in [-0.15, -0.1) is 0 Å². The Morgan fingerprint density at radius 2 is 1.55 bits per heavy atom. The Morgan fingerprint density at radius 1 is 1.00 bits per heavy atom. The average Bonchev–Trinajstić information content (AvgIpc) is 2.66. The molecule has 1 aliphatic rings. The maximum Gasteiger partial charge on any atom is 0.410 e. The summed E-state index contributed by atoms with van der Waals surface area (Å²) in [5, 5.41) is 9.21. The predicted octanol–water partition coefficient (Wildman–Crippen LogP) is 1.67. The second-order valence-electron chi connectivity index (χ2n) is 7.80. The van der Waals surface area contributed by atoms with Gasteiger partial charge in [-0.1, -0.05) is 0 Å². The number of benzene rings is 1. The van der Waals surface area contributed by atoms with Crippen LogP contribution in [0.3, 0.4) is 0 Å². The van der Waals surface area contributed by atoms with Crippen LogP contribution in [-0.2, 0) is 14.3 Å². The van der Waals surface area contributed by atoms with Crippen molar-refractivity contribution < 1.29 is 29.0 Å². The molecule has 29 heavy (non-hydrogen) atoms. The lowest BCUT2D eigenvalue weighted by molar-refractivity contribution is -0.135. The largest absolute Gasteiger partial charge is 0.497 e. The van der Waals surface area contributed by atoms with Crippen molar-refractivity contribution >= 4 is 23.7 Å². The fraction of sp³-hybridized carbons (Fsp3) is 0.550. The number of piperazine rings is 1. The first-order chi connectivity index (χ1) is 13.6. The van der Waals surface area contributed by atoms with Crippen molar-refractivity contribution in [3.8, 4) is 5.75 Å². The number of carboxylic acids is 1. The molecule has 0 spiro atoms. The highest BCUT2D eigenvalue weighted by molar-refractivity contribution is 5.84. The lowest BCUT2D eigenvalue weighted by Crippen LogP contribution is -2.53. The summed E-state index contributed by atoms with van der Waals surface area (Å²) in [6, 6.07) is 6.87. The number of rotatable bonds is 6. The quantitative estimate of drug-likeness (QED) is 0.766. The minimum atomic E-state index is -1.02. The highest BCUT2D eigenvalue weighted by Gasteiger charge is 2.28. The highest BCUT2D eigenvalue weighted by atomic mass is 16.6. The van der Waals surface area contributed by atoms with Gasteiger partial charge < -0.3 is 29.3 Å². The first kappa shape index (κ1) is 22.3. The van der Waals surface area contributed by atoms with Crippen molar-refractivity contribution in [2.45, 2.75) is 26.4 Å². The third-order valence-electron chi connectivity index (χ3n) is 4.37. The van der Waals surface area contributed by atoms with Crippen LogP contribution in [0, 0.1) is 0 Å². The van der Waals surface area contributed by atoms with Crippen LogP contribution in [0.5, 0.6) is 5.75 Å². The van der Waals surface area contributed by atoms with Gasteiger partial charge >= 0.3 is 12.1 Å². The molecule has 1 saturated heterocycles. The molecule has 160 valence electrons. The van der Waals surface area contributed by atoms with Crippen LogP contribution in [0.4, 0.5) is 10.5 Å². The monoisotopic (exact) mass is 407 g/mol. The Kier molecular flexibility index (Phi) is 7.30. The number of carboxylic acid groups (broad SMARTS) is 1. The molecule has 1 heterocycles. The Hall–Kier alpha value is -2.97. The van der Waals surface area contributed by atoms with Crippen molar-refractivity contribution in [2.75, 3.05) is 51.3 Å². The van der Waals surface area contributed by atoms with Crippen LogP contribution in [0.1, 0.15) is 20.8 Å². The normalized spacial score (nSPS) is 14.3. The molecule has 2 rings (SSSR count). The molecule has 2 amide bonds. The Labute approximate surface area is 170 Å². The molecule has 0 atom stereocenters. The fourth-order valence-corrected chi connectivity index (χ4v) is 2.92. The molecule has 9 heteroatoms. The van der Waals surface area contributed by atoms with E-state index in [2.05, 4.69) is 0 Å².